The highest BCUT2D eigenvalue weighted by atomic mass is 32.1. The van der Waals surface area contributed by atoms with Crippen molar-refractivity contribution in [2.75, 3.05) is 31.6 Å². The highest BCUT2D eigenvalue weighted by Gasteiger charge is 2.17. The Kier molecular flexibility index (Phi) is 5.78. The number of aromatic nitrogens is 1. The number of hydrogen-bond acceptors (Lipinski definition) is 5. The van der Waals surface area contributed by atoms with Gasteiger partial charge in [0.15, 0.2) is 0 Å². The van der Waals surface area contributed by atoms with E-state index in [9.17, 15) is 9.59 Å². The lowest BCUT2D eigenvalue weighted by molar-refractivity contribution is -0.136. The second-order valence-electron chi connectivity index (χ2n) is 5.87. The highest BCUT2D eigenvalue weighted by Crippen LogP contribution is 2.23. The first kappa shape index (κ1) is 17.6. The van der Waals surface area contributed by atoms with Gasteiger partial charge in [-0.2, -0.15) is 0 Å². The Hall–Kier alpha value is -2.25. The molecule has 0 atom stereocenters. The van der Waals surface area contributed by atoms with Crippen molar-refractivity contribution < 1.29 is 14.3 Å². The summed E-state index contributed by atoms with van der Waals surface area (Å²) in [4.78, 5) is 30.3. The van der Waals surface area contributed by atoms with Crippen molar-refractivity contribution in [1.82, 2.24) is 9.88 Å². The molecule has 25 heavy (non-hydrogen) atoms. The van der Waals surface area contributed by atoms with Crippen molar-refractivity contribution in [3.05, 3.63) is 34.7 Å². The lowest BCUT2D eigenvalue weighted by Gasteiger charge is -2.26. The minimum atomic E-state index is -0.154. The lowest BCUT2D eigenvalue weighted by atomic mass is 10.1. The Morgan fingerprint density at radius 1 is 1.20 bits per heavy atom. The van der Waals surface area contributed by atoms with Crippen molar-refractivity contribution in [3.8, 4) is 11.3 Å². The van der Waals surface area contributed by atoms with Crippen molar-refractivity contribution in [3.63, 3.8) is 0 Å². The molecule has 1 aliphatic rings. The molecule has 1 aliphatic heterocycles. The van der Waals surface area contributed by atoms with Crippen LogP contribution >= 0.6 is 11.3 Å². The quantitative estimate of drug-likeness (QED) is 0.891. The Morgan fingerprint density at radius 3 is 2.56 bits per heavy atom. The van der Waals surface area contributed by atoms with Crippen LogP contribution in [0.2, 0.25) is 0 Å². The fourth-order valence-corrected chi connectivity index (χ4v) is 3.26. The van der Waals surface area contributed by atoms with Crippen LogP contribution in [0.4, 0.5) is 5.69 Å². The van der Waals surface area contributed by atoms with E-state index in [1.54, 1.807) is 16.2 Å². The smallest absolute Gasteiger partial charge is 0.224 e. The number of rotatable bonds is 5. The molecule has 0 bridgehead atoms. The summed E-state index contributed by atoms with van der Waals surface area (Å²) < 4.78 is 5.22. The second-order valence-corrected chi connectivity index (χ2v) is 6.93. The van der Waals surface area contributed by atoms with Crippen LogP contribution in [0.25, 0.3) is 11.3 Å². The maximum Gasteiger partial charge on any atom is 0.224 e. The molecule has 2 amide bonds. The van der Waals surface area contributed by atoms with E-state index in [0.717, 1.165) is 22.0 Å². The maximum atomic E-state index is 12.0. The second kappa shape index (κ2) is 8.22. The standard InChI is InChI=1S/C18H21N3O3S/c1-13-19-16(12-25-13)14-2-4-15(5-3-14)20-17(22)6-7-18(23)21-8-10-24-11-9-21/h2-5,12H,6-11H2,1H3,(H,20,22). The average molecular weight is 359 g/mol. The van der Waals surface area contributed by atoms with Gasteiger partial charge in [-0.05, 0) is 19.1 Å². The minimum absolute atomic E-state index is 0.00713. The Morgan fingerprint density at radius 2 is 1.92 bits per heavy atom. The van der Waals surface area contributed by atoms with Gasteiger partial charge in [-0.1, -0.05) is 12.1 Å². The fraction of sp³-hybridized carbons (Fsp3) is 0.389. The van der Waals surface area contributed by atoms with Crippen molar-refractivity contribution >= 4 is 28.8 Å². The molecular formula is C18H21N3O3S. The summed E-state index contributed by atoms with van der Waals surface area (Å²) in [6.07, 6.45) is 0.408. The summed E-state index contributed by atoms with van der Waals surface area (Å²) in [7, 11) is 0. The van der Waals surface area contributed by atoms with Gasteiger partial charge in [0.1, 0.15) is 0 Å². The van der Waals surface area contributed by atoms with E-state index in [-0.39, 0.29) is 24.7 Å². The molecule has 0 aliphatic carbocycles. The van der Waals surface area contributed by atoms with Gasteiger partial charge in [-0.15, -0.1) is 11.3 Å². The van der Waals surface area contributed by atoms with Crippen LogP contribution in [0.15, 0.2) is 29.6 Å². The van der Waals surface area contributed by atoms with E-state index in [1.165, 1.54) is 0 Å². The zero-order valence-corrected chi connectivity index (χ0v) is 15.0. The summed E-state index contributed by atoms with van der Waals surface area (Å²) in [6, 6.07) is 7.57. The summed E-state index contributed by atoms with van der Waals surface area (Å²) in [5.74, 6) is -0.147. The molecule has 132 valence electrons. The van der Waals surface area contributed by atoms with Crippen LogP contribution in [-0.2, 0) is 14.3 Å². The van der Waals surface area contributed by atoms with Gasteiger partial charge in [0, 0.05) is 42.6 Å². The molecule has 6 nitrogen and oxygen atoms in total. The van der Waals surface area contributed by atoms with E-state index in [4.69, 9.17) is 4.74 Å². The number of ether oxygens (including phenoxy) is 1. The van der Waals surface area contributed by atoms with Crippen LogP contribution in [0.5, 0.6) is 0 Å². The van der Waals surface area contributed by atoms with Gasteiger partial charge in [0.05, 0.1) is 23.9 Å². The van der Waals surface area contributed by atoms with E-state index < -0.39 is 0 Å². The highest BCUT2D eigenvalue weighted by molar-refractivity contribution is 7.09. The molecule has 1 aromatic heterocycles. The van der Waals surface area contributed by atoms with Crippen LogP contribution in [0, 0.1) is 6.92 Å². The fourth-order valence-electron chi connectivity index (χ4n) is 2.64. The molecule has 2 heterocycles. The molecule has 1 aromatic carbocycles. The minimum Gasteiger partial charge on any atom is -0.378 e. The number of amides is 2. The lowest BCUT2D eigenvalue weighted by Crippen LogP contribution is -2.40. The van der Waals surface area contributed by atoms with Crippen LogP contribution < -0.4 is 5.32 Å². The summed E-state index contributed by atoms with van der Waals surface area (Å²) in [5, 5.41) is 5.87. The Labute approximate surface area is 150 Å². The number of aryl methyl sites for hydroxylation is 1. The largest absolute Gasteiger partial charge is 0.378 e. The zero-order chi connectivity index (χ0) is 17.6. The van der Waals surface area contributed by atoms with Gasteiger partial charge in [-0.25, -0.2) is 4.98 Å². The van der Waals surface area contributed by atoms with Gasteiger partial charge in [0.2, 0.25) is 11.8 Å². The number of anilines is 1. The molecule has 7 heteroatoms. The molecule has 1 N–H and O–H groups in total. The third-order valence-electron chi connectivity index (χ3n) is 4.01. The SMILES string of the molecule is Cc1nc(-c2ccc(NC(=O)CCC(=O)N3CCOCC3)cc2)cs1. The number of carbonyl (C=O) groups excluding carboxylic acids is 2. The molecular weight excluding hydrogens is 338 g/mol. The maximum absolute atomic E-state index is 12.0. The average Bonchev–Trinajstić information content (AvgIpc) is 3.07. The molecule has 1 saturated heterocycles. The number of carbonyl (C=O) groups is 2. The number of hydrogen-bond donors (Lipinski definition) is 1. The van der Waals surface area contributed by atoms with Crippen molar-refractivity contribution in [2.45, 2.75) is 19.8 Å². The molecule has 0 radical (unpaired) electrons. The molecule has 0 unspecified atom stereocenters. The van der Waals surface area contributed by atoms with Crippen LogP contribution in [0.1, 0.15) is 17.8 Å². The number of benzene rings is 1. The molecule has 0 saturated carbocycles. The molecule has 1 fully saturated rings. The summed E-state index contributed by atoms with van der Waals surface area (Å²) in [6.45, 7) is 4.34. The summed E-state index contributed by atoms with van der Waals surface area (Å²) >= 11 is 1.61. The third kappa shape index (κ3) is 4.87. The number of nitrogens with one attached hydrogen (secondary N) is 1. The van der Waals surface area contributed by atoms with Gasteiger partial charge >= 0.3 is 0 Å². The Bertz CT molecular complexity index is 736. The topological polar surface area (TPSA) is 71.5 Å². The first-order valence-corrected chi connectivity index (χ1v) is 9.18. The van der Waals surface area contributed by atoms with Crippen molar-refractivity contribution in [2.24, 2.45) is 0 Å². The third-order valence-corrected chi connectivity index (χ3v) is 4.79. The molecule has 0 spiro atoms. The van der Waals surface area contributed by atoms with Gasteiger partial charge < -0.3 is 15.0 Å². The number of morpholine rings is 1. The normalized spacial score (nSPS) is 14.4. The monoisotopic (exact) mass is 359 g/mol. The molecule has 2 aromatic rings. The van der Waals surface area contributed by atoms with Gasteiger partial charge in [-0.3, -0.25) is 9.59 Å². The zero-order valence-electron chi connectivity index (χ0n) is 14.2. The summed E-state index contributed by atoms with van der Waals surface area (Å²) in [5.41, 5.74) is 2.68. The van der Waals surface area contributed by atoms with Crippen molar-refractivity contribution in [1.29, 1.82) is 0 Å². The van der Waals surface area contributed by atoms with Crippen LogP contribution in [-0.4, -0.2) is 48.0 Å². The van der Waals surface area contributed by atoms with E-state index >= 15 is 0 Å². The number of nitrogens with zero attached hydrogens (tertiary/aromatic N) is 2. The number of thiazole rings is 1. The first-order valence-electron chi connectivity index (χ1n) is 8.30. The van der Waals surface area contributed by atoms with Crippen LogP contribution in [0.3, 0.4) is 0 Å². The van der Waals surface area contributed by atoms with Gasteiger partial charge in [0.25, 0.3) is 0 Å². The van der Waals surface area contributed by atoms with E-state index in [0.29, 0.717) is 26.3 Å². The molecule has 3 rings (SSSR count). The van der Waals surface area contributed by atoms with E-state index in [2.05, 4.69) is 10.3 Å². The predicted octanol–water partition coefficient (Wildman–Crippen LogP) is 2.70. The predicted molar refractivity (Wildman–Crippen MR) is 97.5 cm³/mol. The Balaban J connectivity index is 1.48. The first-order chi connectivity index (χ1) is 12.1. The van der Waals surface area contributed by atoms with E-state index in [1.807, 2.05) is 36.6 Å².